The molecule has 2 aromatic rings. The molecule has 0 bridgehead atoms. The van der Waals surface area contributed by atoms with Crippen molar-refractivity contribution in [1.82, 2.24) is 4.98 Å². The van der Waals surface area contributed by atoms with Gasteiger partial charge >= 0.3 is 11.9 Å². The van der Waals surface area contributed by atoms with Gasteiger partial charge in [-0.2, -0.15) is 0 Å². The second-order valence-corrected chi connectivity index (χ2v) is 3.48. The number of nitrogens with one attached hydrogen (secondary N) is 1. The molecule has 0 unspecified atom stereocenters. The van der Waals surface area contributed by atoms with Crippen molar-refractivity contribution in [3.63, 3.8) is 0 Å². The third-order valence-electron chi connectivity index (χ3n) is 2.35. The largest absolute Gasteiger partial charge is 0.478 e. The molecule has 0 radical (unpaired) electrons. The van der Waals surface area contributed by atoms with Gasteiger partial charge < -0.3 is 15.2 Å². The summed E-state index contributed by atoms with van der Waals surface area (Å²) in [6.45, 7) is 0. The molecular formula is C12H9NO4. The van der Waals surface area contributed by atoms with E-state index >= 15 is 0 Å². The smallest absolute Gasteiger partial charge is 0.337 e. The Morgan fingerprint density at radius 2 is 2.00 bits per heavy atom. The Hall–Kier alpha value is -2.56. The number of fused-ring (bicyclic) bond motifs is 1. The lowest BCUT2D eigenvalue weighted by Gasteiger charge is -1.95. The molecule has 5 nitrogen and oxygen atoms in total. The van der Waals surface area contributed by atoms with E-state index in [1.807, 2.05) is 0 Å². The number of aromatic amines is 1. The number of benzene rings is 1. The van der Waals surface area contributed by atoms with Gasteiger partial charge in [-0.05, 0) is 23.8 Å². The Labute approximate surface area is 96.0 Å². The van der Waals surface area contributed by atoms with Crippen LogP contribution in [0.3, 0.4) is 0 Å². The Bertz CT molecular complexity index is 624. The number of carboxylic acids is 2. The van der Waals surface area contributed by atoms with E-state index in [-0.39, 0.29) is 5.56 Å². The molecule has 5 heteroatoms. The Morgan fingerprint density at radius 3 is 2.65 bits per heavy atom. The van der Waals surface area contributed by atoms with Crippen LogP contribution in [0.4, 0.5) is 0 Å². The van der Waals surface area contributed by atoms with Gasteiger partial charge in [-0.1, -0.05) is 6.07 Å². The number of carboxylic acid groups (broad SMARTS) is 2. The summed E-state index contributed by atoms with van der Waals surface area (Å²) in [7, 11) is 0. The van der Waals surface area contributed by atoms with Gasteiger partial charge in [-0.3, -0.25) is 0 Å². The third-order valence-corrected chi connectivity index (χ3v) is 2.35. The SMILES string of the molecule is O=C(O)C=Cc1ccc2[nH]cc(C(=O)O)c2c1. The normalized spacial score (nSPS) is 11.1. The maximum atomic E-state index is 10.9. The van der Waals surface area contributed by atoms with Crippen LogP contribution in [0, 0.1) is 0 Å². The maximum Gasteiger partial charge on any atom is 0.337 e. The first-order valence-electron chi connectivity index (χ1n) is 4.83. The molecule has 0 saturated heterocycles. The van der Waals surface area contributed by atoms with Crippen LogP contribution < -0.4 is 0 Å². The zero-order valence-corrected chi connectivity index (χ0v) is 8.68. The van der Waals surface area contributed by atoms with Crippen molar-refractivity contribution in [3.8, 4) is 0 Å². The number of aromatic nitrogens is 1. The fraction of sp³-hybridized carbons (Fsp3) is 0. The molecule has 0 aliphatic heterocycles. The summed E-state index contributed by atoms with van der Waals surface area (Å²) in [4.78, 5) is 24.1. The van der Waals surface area contributed by atoms with E-state index in [1.54, 1.807) is 18.2 Å². The lowest BCUT2D eigenvalue weighted by Crippen LogP contribution is -1.93. The molecule has 1 aromatic heterocycles. The predicted molar refractivity (Wildman–Crippen MR) is 61.9 cm³/mol. The molecule has 0 amide bonds. The number of rotatable bonds is 3. The van der Waals surface area contributed by atoms with E-state index in [1.165, 1.54) is 12.3 Å². The lowest BCUT2D eigenvalue weighted by atomic mass is 10.1. The summed E-state index contributed by atoms with van der Waals surface area (Å²) in [6.07, 6.45) is 3.84. The van der Waals surface area contributed by atoms with Gasteiger partial charge in [0.05, 0.1) is 5.56 Å². The molecule has 1 aromatic carbocycles. The van der Waals surface area contributed by atoms with Gasteiger partial charge in [0.2, 0.25) is 0 Å². The summed E-state index contributed by atoms with van der Waals surface area (Å²) in [5, 5.41) is 18.0. The van der Waals surface area contributed by atoms with E-state index < -0.39 is 11.9 Å². The fourth-order valence-corrected chi connectivity index (χ4v) is 1.59. The number of aliphatic carboxylic acids is 1. The maximum absolute atomic E-state index is 10.9. The highest BCUT2D eigenvalue weighted by atomic mass is 16.4. The summed E-state index contributed by atoms with van der Waals surface area (Å²) < 4.78 is 0. The Morgan fingerprint density at radius 1 is 1.24 bits per heavy atom. The predicted octanol–water partition coefficient (Wildman–Crippen LogP) is 1.96. The first-order chi connectivity index (χ1) is 8.08. The van der Waals surface area contributed by atoms with Crippen LogP contribution >= 0.6 is 0 Å². The molecule has 1 heterocycles. The van der Waals surface area contributed by atoms with Crippen LogP contribution in [0.15, 0.2) is 30.5 Å². The second kappa shape index (κ2) is 4.13. The van der Waals surface area contributed by atoms with Crippen molar-refractivity contribution in [2.45, 2.75) is 0 Å². The second-order valence-electron chi connectivity index (χ2n) is 3.48. The van der Waals surface area contributed by atoms with Gasteiger partial charge in [-0.15, -0.1) is 0 Å². The van der Waals surface area contributed by atoms with Gasteiger partial charge in [0.15, 0.2) is 0 Å². The first kappa shape index (κ1) is 10.9. The van der Waals surface area contributed by atoms with Crippen molar-refractivity contribution < 1.29 is 19.8 Å². The molecule has 2 rings (SSSR count). The molecule has 0 spiro atoms. The molecule has 86 valence electrons. The minimum absolute atomic E-state index is 0.172. The number of aromatic carboxylic acids is 1. The highest BCUT2D eigenvalue weighted by Crippen LogP contribution is 2.20. The average Bonchev–Trinajstić information content (AvgIpc) is 2.69. The average molecular weight is 231 g/mol. The van der Waals surface area contributed by atoms with E-state index in [4.69, 9.17) is 10.2 Å². The van der Waals surface area contributed by atoms with Crippen molar-refractivity contribution in [2.75, 3.05) is 0 Å². The summed E-state index contributed by atoms with van der Waals surface area (Å²) in [6, 6.07) is 5.06. The zero-order valence-electron chi connectivity index (χ0n) is 8.68. The van der Waals surface area contributed by atoms with E-state index in [0.717, 1.165) is 6.08 Å². The monoisotopic (exact) mass is 231 g/mol. The highest BCUT2D eigenvalue weighted by molar-refractivity contribution is 6.03. The number of hydrogen-bond acceptors (Lipinski definition) is 2. The van der Waals surface area contributed by atoms with Gasteiger partial charge in [-0.25, -0.2) is 9.59 Å². The topological polar surface area (TPSA) is 90.4 Å². The van der Waals surface area contributed by atoms with Crippen LogP contribution in [-0.4, -0.2) is 27.1 Å². The number of hydrogen-bond donors (Lipinski definition) is 3. The standard InChI is InChI=1S/C12H9NO4/c14-11(15)4-2-7-1-3-10-8(5-7)9(6-13-10)12(16)17/h1-6,13H,(H,14,15)(H,16,17). The van der Waals surface area contributed by atoms with Crippen LogP contribution in [0.25, 0.3) is 17.0 Å². The molecule has 0 atom stereocenters. The third kappa shape index (κ3) is 2.17. The van der Waals surface area contributed by atoms with Crippen LogP contribution in [0.5, 0.6) is 0 Å². The fourth-order valence-electron chi connectivity index (χ4n) is 1.59. The van der Waals surface area contributed by atoms with Crippen molar-refractivity contribution in [3.05, 3.63) is 41.6 Å². The number of carbonyl (C=O) groups is 2. The van der Waals surface area contributed by atoms with Crippen LogP contribution in [-0.2, 0) is 4.79 Å². The first-order valence-corrected chi connectivity index (χ1v) is 4.83. The lowest BCUT2D eigenvalue weighted by molar-refractivity contribution is -0.131. The summed E-state index contributed by atoms with van der Waals surface area (Å²) in [5.74, 6) is -2.06. The molecule has 17 heavy (non-hydrogen) atoms. The number of H-pyrrole nitrogens is 1. The Balaban J connectivity index is 2.51. The van der Waals surface area contributed by atoms with Crippen molar-refractivity contribution >= 4 is 28.9 Å². The minimum atomic E-state index is -1.04. The van der Waals surface area contributed by atoms with Crippen LogP contribution in [0.1, 0.15) is 15.9 Å². The van der Waals surface area contributed by atoms with Crippen molar-refractivity contribution in [1.29, 1.82) is 0 Å². The molecule has 0 saturated carbocycles. The molecule has 3 N–H and O–H groups in total. The molecule has 0 fully saturated rings. The molecular weight excluding hydrogens is 222 g/mol. The molecule has 0 aliphatic carbocycles. The quantitative estimate of drug-likeness (QED) is 0.704. The minimum Gasteiger partial charge on any atom is -0.478 e. The molecule has 0 aliphatic rings. The van der Waals surface area contributed by atoms with E-state index in [9.17, 15) is 9.59 Å². The van der Waals surface area contributed by atoms with Gasteiger partial charge in [0.1, 0.15) is 0 Å². The summed E-state index contributed by atoms with van der Waals surface area (Å²) >= 11 is 0. The Kier molecular flexibility index (Phi) is 2.66. The van der Waals surface area contributed by atoms with E-state index in [0.29, 0.717) is 16.5 Å². The summed E-state index contributed by atoms with van der Waals surface area (Å²) in [5.41, 5.74) is 1.52. The van der Waals surface area contributed by atoms with Crippen LogP contribution in [0.2, 0.25) is 0 Å². The van der Waals surface area contributed by atoms with Crippen molar-refractivity contribution in [2.24, 2.45) is 0 Å². The highest BCUT2D eigenvalue weighted by Gasteiger charge is 2.09. The zero-order chi connectivity index (χ0) is 12.4. The van der Waals surface area contributed by atoms with E-state index in [2.05, 4.69) is 4.98 Å². The van der Waals surface area contributed by atoms with Gasteiger partial charge in [0, 0.05) is 23.2 Å². The van der Waals surface area contributed by atoms with Gasteiger partial charge in [0.25, 0.3) is 0 Å².